The number of anilines is 2. The topological polar surface area (TPSA) is 66.9 Å². The number of carbonyl (C=O) groups excluding carboxylic acids is 1. The Morgan fingerprint density at radius 2 is 1.93 bits per heavy atom. The first-order valence-electron chi connectivity index (χ1n) is 9.70. The van der Waals surface area contributed by atoms with Crippen molar-refractivity contribution in [2.75, 3.05) is 56.7 Å². The average molecular weight is 419 g/mol. The lowest BCUT2D eigenvalue weighted by molar-refractivity contribution is -0.120. The minimum atomic E-state index is -0.247. The molecule has 1 aliphatic rings. The van der Waals surface area contributed by atoms with Crippen molar-refractivity contribution in [1.29, 1.82) is 0 Å². The summed E-state index contributed by atoms with van der Waals surface area (Å²) >= 11 is 5.84. The van der Waals surface area contributed by atoms with Gasteiger partial charge in [0.15, 0.2) is 0 Å². The van der Waals surface area contributed by atoms with Gasteiger partial charge in [0.25, 0.3) is 0 Å². The Bertz CT molecular complexity index is 795. The van der Waals surface area contributed by atoms with Crippen LogP contribution in [-0.4, -0.2) is 68.3 Å². The maximum atomic E-state index is 12.6. The van der Waals surface area contributed by atoms with Crippen molar-refractivity contribution in [2.24, 2.45) is 0 Å². The molecule has 2 heterocycles. The van der Waals surface area contributed by atoms with Crippen LogP contribution in [0, 0.1) is 0 Å². The minimum absolute atomic E-state index is 0.0726. The Labute approximate surface area is 176 Å². The maximum Gasteiger partial charge on any atom is 0.242 e. The molecule has 8 heteroatoms. The van der Waals surface area contributed by atoms with Crippen molar-refractivity contribution >= 4 is 29.0 Å². The van der Waals surface area contributed by atoms with E-state index in [2.05, 4.69) is 26.2 Å². The predicted octanol–water partition coefficient (Wildman–Crippen LogP) is 2.91. The molecule has 2 aromatic rings. The Morgan fingerprint density at radius 3 is 2.62 bits per heavy atom. The summed E-state index contributed by atoms with van der Waals surface area (Å²) in [5.41, 5.74) is 1.07. The second kappa shape index (κ2) is 10.4. The molecule has 156 valence electrons. The zero-order chi connectivity index (χ0) is 20.6. The van der Waals surface area contributed by atoms with Crippen molar-refractivity contribution in [3.8, 4) is 5.75 Å². The SMILES string of the molecule is COCCOc1ccccc1N1CCN([C@H](C)C(=O)Nc2ccc(Cl)cn2)CC1. The molecule has 1 amide bonds. The van der Waals surface area contributed by atoms with E-state index in [1.54, 1.807) is 19.2 Å². The molecule has 1 saturated heterocycles. The molecule has 1 aromatic carbocycles. The van der Waals surface area contributed by atoms with E-state index < -0.39 is 0 Å². The van der Waals surface area contributed by atoms with Crippen LogP contribution in [0.5, 0.6) is 5.75 Å². The van der Waals surface area contributed by atoms with E-state index in [-0.39, 0.29) is 11.9 Å². The zero-order valence-corrected chi connectivity index (χ0v) is 17.6. The number of amides is 1. The molecular formula is C21H27ClN4O3. The summed E-state index contributed by atoms with van der Waals surface area (Å²) in [4.78, 5) is 21.2. The molecule has 1 aromatic heterocycles. The van der Waals surface area contributed by atoms with E-state index in [4.69, 9.17) is 21.1 Å². The van der Waals surface area contributed by atoms with E-state index >= 15 is 0 Å². The number of pyridine rings is 1. The molecular weight excluding hydrogens is 392 g/mol. The third-order valence-corrected chi connectivity index (χ3v) is 5.19. The molecule has 1 aliphatic heterocycles. The van der Waals surface area contributed by atoms with Crippen LogP contribution in [-0.2, 0) is 9.53 Å². The number of piperazine rings is 1. The van der Waals surface area contributed by atoms with Gasteiger partial charge in [0, 0.05) is 39.5 Å². The summed E-state index contributed by atoms with van der Waals surface area (Å²) in [6.07, 6.45) is 1.52. The molecule has 3 rings (SSSR count). The number of benzene rings is 1. The third kappa shape index (κ3) is 5.82. The highest BCUT2D eigenvalue weighted by Gasteiger charge is 2.26. The average Bonchev–Trinajstić information content (AvgIpc) is 2.75. The fraction of sp³-hybridized carbons (Fsp3) is 0.429. The van der Waals surface area contributed by atoms with Gasteiger partial charge in [0.2, 0.25) is 5.91 Å². The number of nitrogens with one attached hydrogen (secondary N) is 1. The Morgan fingerprint density at radius 1 is 1.17 bits per heavy atom. The van der Waals surface area contributed by atoms with Gasteiger partial charge in [-0.3, -0.25) is 9.69 Å². The Kier molecular flexibility index (Phi) is 7.69. The van der Waals surface area contributed by atoms with Gasteiger partial charge in [0.05, 0.1) is 23.4 Å². The molecule has 0 saturated carbocycles. The molecule has 0 bridgehead atoms. The van der Waals surface area contributed by atoms with Crippen molar-refractivity contribution < 1.29 is 14.3 Å². The third-order valence-electron chi connectivity index (χ3n) is 4.97. The Hall–Kier alpha value is -2.35. The summed E-state index contributed by atoms with van der Waals surface area (Å²) in [7, 11) is 1.66. The monoisotopic (exact) mass is 418 g/mol. The molecule has 0 radical (unpaired) electrons. The van der Waals surface area contributed by atoms with Crippen LogP contribution in [0.3, 0.4) is 0 Å². The van der Waals surface area contributed by atoms with E-state index in [1.165, 1.54) is 6.20 Å². The molecule has 7 nitrogen and oxygen atoms in total. The number of nitrogens with zero attached hydrogens (tertiary/aromatic N) is 3. The molecule has 1 atom stereocenters. The summed E-state index contributed by atoms with van der Waals surface area (Å²) in [6, 6.07) is 11.2. The number of hydrogen-bond acceptors (Lipinski definition) is 6. The van der Waals surface area contributed by atoms with Crippen LogP contribution < -0.4 is 15.0 Å². The van der Waals surface area contributed by atoms with Crippen LogP contribution in [0.4, 0.5) is 11.5 Å². The summed E-state index contributed by atoms with van der Waals surface area (Å²) < 4.78 is 10.9. The highest BCUT2D eigenvalue weighted by molar-refractivity contribution is 6.30. The van der Waals surface area contributed by atoms with E-state index in [1.807, 2.05) is 25.1 Å². The van der Waals surface area contributed by atoms with Crippen LogP contribution in [0.25, 0.3) is 0 Å². The number of hydrogen-bond donors (Lipinski definition) is 1. The van der Waals surface area contributed by atoms with Crippen LogP contribution in [0.1, 0.15) is 6.92 Å². The molecule has 1 fully saturated rings. The zero-order valence-electron chi connectivity index (χ0n) is 16.8. The number of ether oxygens (including phenoxy) is 2. The first kappa shape index (κ1) is 21.4. The van der Waals surface area contributed by atoms with Crippen molar-refractivity contribution in [2.45, 2.75) is 13.0 Å². The van der Waals surface area contributed by atoms with Crippen LogP contribution >= 0.6 is 11.6 Å². The fourth-order valence-corrected chi connectivity index (χ4v) is 3.38. The van der Waals surface area contributed by atoms with Gasteiger partial charge in [-0.05, 0) is 31.2 Å². The van der Waals surface area contributed by atoms with E-state index in [9.17, 15) is 4.79 Å². The first-order valence-corrected chi connectivity index (χ1v) is 10.1. The van der Waals surface area contributed by atoms with Crippen molar-refractivity contribution in [3.05, 3.63) is 47.6 Å². The first-order chi connectivity index (χ1) is 14.1. The number of rotatable bonds is 8. The van der Waals surface area contributed by atoms with Gasteiger partial charge in [-0.15, -0.1) is 0 Å². The second-order valence-electron chi connectivity index (χ2n) is 6.86. The molecule has 29 heavy (non-hydrogen) atoms. The van der Waals surface area contributed by atoms with Gasteiger partial charge in [-0.2, -0.15) is 0 Å². The van der Waals surface area contributed by atoms with Crippen LogP contribution in [0.15, 0.2) is 42.6 Å². The molecule has 0 spiro atoms. The van der Waals surface area contributed by atoms with Gasteiger partial charge in [-0.25, -0.2) is 4.98 Å². The normalized spacial score (nSPS) is 15.8. The maximum absolute atomic E-state index is 12.6. The lowest BCUT2D eigenvalue weighted by Gasteiger charge is -2.38. The van der Waals surface area contributed by atoms with E-state index in [0.717, 1.165) is 37.6 Å². The molecule has 0 unspecified atom stereocenters. The minimum Gasteiger partial charge on any atom is -0.489 e. The van der Waals surface area contributed by atoms with E-state index in [0.29, 0.717) is 24.1 Å². The number of halogens is 1. The smallest absolute Gasteiger partial charge is 0.242 e. The largest absolute Gasteiger partial charge is 0.489 e. The summed E-state index contributed by atoms with van der Waals surface area (Å²) in [5.74, 6) is 1.29. The van der Waals surface area contributed by atoms with Gasteiger partial charge < -0.3 is 19.7 Å². The highest BCUT2D eigenvalue weighted by Crippen LogP contribution is 2.29. The number of methoxy groups -OCH3 is 1. The molecule has 0 aliphatic carbocycles. The quantitative estimate of drug-likeness (QED) is 0.665. The fourth-order valence-electron chi connectivity index (χ4n) is 3.27. The number of aromatic nitrogens is 1. The standard InChI is InChI=1S/C21H27ClN4O3/c1-16(21(27)24-20-8-7-17(22)15-23-20)25-9-11-26(12-10-25)18-5-3-4-6-19(18)29-14-13-28-2/h3-8,15-16H,9-14H2,1-2H3,(H,23,24,27)/t16-/m1/s1. The van der Waals surface area contributed by atoms with Gasteiger partial charge >= 0.3 is 0 Å². The summed E-state index contributed by atoms with van der Waals surface area (Å²) in [6.45, 7) is 6.20. The molecule has 1 N–H and O–H groups in total. The van der Waals surface area contributed by atoms with Gasteiger partial charge in [-0.1, -0.05) is 23.7 Å². The van der Waals surface area contributed by atoms with Crippen LogP contribution in [0.2, 0.25) is 5.02 Å². The number of carbonyl (C=O) groups is 1. The van der Waals surface area contributed by atoms with Crippen molar-refractivity contribution in [3.63, 3.8) is 0 Å². The lowest BCUT2D eigenvalue weighted by Crippen LogP contribution is -2.53. The Balaban J connectivity index is 1.54. The van der Waals surface area contributed by atoms with Gasteiger partial charge in [0.1, 0.15) is 18.2 Å². The van der Waals surface area contributed by atoms with Crippen molar-refractivity contribution in [1.82, 2.24) is 9.88 Å². The lowest BCUT2D eigenvalue weighted by atomic mass is 10.2. The summed E-state index contributed by atoms with van der Waals surface area (Å²) in [5, 5.41) is 3.39. The second-order valence-corrected chi connectivity index (χ2v) is 7.30. The predicted molar refractivity (Wildman–Crippen MR) is 115 cm³/mol. The number of para-hydroxylation sites is 2. The highest BCUT2D eigenvalue weighted by atomic mass is 35.5.